The Hall–Kier alpha value is -2.31. The number of benzene rings is 1. The molecule has 1 atom stereocenters. The molecule has 114 valence electrons. The fourth-order valence-electron chi connectivity index (χ4n) is 1.65. The summed E-state index contributed by atoms with van der Waals surface area (Å²) in [5, 5.41) is 11.1. The molecule has 0 saturated carbocycles. The molecule has 0 saturated heterocycles. The molecule has 7 heteroatoms. The van der Waals surface area contributed by atoms with Gasteiger partial charge in [0.05, 0.1) is 5.56 Å². The first-order valence-electron chi connectivity index (χ1n) is 6.36. The largest absolute Gasteiger partial charge is 0.480 e. The summed E-state index contributed by atoms with van der Waals surface area (Å²) in [5.41, 5.74) is -0.580. The normalized spacial score (nSPS) is 11.8. The van der Waals surface area contributed by atoms with E-state index in [2.05, 4.69) is 5.32 Å². The van der Waals surface area contributed by atoms with Crippen LogP contribution in [0.25, 0.3) is 0 Å². The van der Waals surface area contributed by atoms with E-state index in [-0.39, 0.29) is 25.0 Å². The van der Waals surface area contributed by atoms with Crippen molar-refractivity contribution in [3.05, 3.63) is 35.4 Å². The van der Waals surface area contributed by atoms with Gasteiger partial charge in [-0.3, -0.25) is 9.59 Å². The molecule has 0 aliphatic rings. The SMILES string of the molecule is CCC(=O)CC[C@@H](NC(=O)c1cccc(F)c1F)C(=O)O. The summed E-state index contributed by atoms with van der Waals surface area (Å²) < 4.78 is 26.5. The Balaban J connectivity index is 2.79. The van der Waals surface area contributed by atoms with Gasteiger partial charge in [0.25, 0.3) is 5.91 Å². The lowest BCUT2D eigenvalue weighted by Gasteiger charge is -2.14. The predicted molar refractivity (Wildman–Crippen MR) is 69.8 cm³/mol. The minimum atomic E-state index is -1.34. The summed E-state index contributed by atoms with van der Waals surface area (Å²) in [6, 6.07) is 1.70. The Kier molecular flexibility index (Phi) is 5.95. The number of Topliss-reactive ketones (excluding diaryl/α,β-unsaturated/α-hetero) is 1. The number of carbonyl (C=O) groups excluding carboxylic acids is 2. The van der Waals surface area contributed by atoms with E-state index >= 15 is 0 Å². The van der Waals surface area contributed by atoms with Crippen LogP contribution in [0, 0.1) is 11.6 Å². The molecule has 21 heavy (non-hydrogen) atoms. The van der Waals surface area contributed by atoms with Crippen LogP contribution in [0.2, 0.25) is 0 Å². The van der Waals surface area contributed by atoms with Gasteiger partial charge in [0.2, 0.25) is 0 Å². The number of hydrogen-bond donors (Lipinski definition) is 2. The smallest absolute Gasteiger partial charge is 0.326 e. The Bertz CT molecular complexity index is 560. The van der Waals surface area contributed by atoms with Gasteiger partial charge >= 0.3 is 5.97 Å². The van der Waals surface area contributed by atoms with Crippen molar-refractivity contribution in [1.82, 2.24) is 5.32 Å². The first-order valence-corrected chi connectivity index (χ1v) is 6.36. The maximum atomic E-state index is 13.4. The minimum absolute atomic E-state index is 0.0145. The fourth-order valence-corrected chi connectivity index (χ4v) is 1.65. The number of nitrogens with one attached hydrogen (secondary N) is 1. The van der Waals surface area contributed by atoms with E-state index in [0.717, 1.165) is 18.2 Å². The van der Waals surface area contributed by atoms with Crippen LogP contribution < -0.4 is 5.32 Å². The molecule has 1 rings (SSSR count). The van der Waals surface area contributed by atoms with Crippen LogP contribution in [0.15, 0.2) is 18.2 Å². The van der Waals surface area contributed by atoms with E-state index in [1.807, 2.05) is 0 Å². The van der Waals surface area contributed by atoms with Crippen LogP contribution >= 0.6 is 0 Å². The lowest BCUT2D eigenvalue weighted by atomic mass is 10.1. The molecule has 0 unspecified atom stereocenters. The molecule has 0 heterocycles. The molecule has 1 amide bonds. The summed E-state index contributed by atoms with van der Waals surface area (Å²) >= 11 is 0. The number of aliphatic carboxylic acids is 1. The molecule has 2 N–H and O–H groups in total. The molecular weight excluding hydrogens is 284 g/mol. The van der Waals surface area contributed by atoms with Crippen molar-refractivity contribution in [2.75, 3.05) is 0 Å². The third-order valence-electron chi connectivity index (χ3n) is 2.91. The van der Waals surface area contributed by atoms with E-state index in [4.69, 9.17) is 5.11 Å². The summed E-state index contributed by atoms with van der Waals surface area (Å²) in [6.45, 7) is 1.64. The van der Waals surface area contributed by atoms with Gasteiger partial charge in [-0.1, -0.05) is 13.0 Å². The predicted octanol–water partition coefficient (Wildman–Crippen LogP) is 1.91. The number of halogens is 2. The van der Waals surface area contributed by atoms with Crippen molar-refractivity contribution < 1.29 is 28.3 Å². The summed E-state index contributed by atoms with van der Waals surface area (Å²) in [4.78, 5) is 34.0. The molecule has 1 aromatic rings. The van der Waals surface area contributed by atoms with Crippen molar-refractivity contribution in [3.8, 4) is 0 Å². The Morgan fingerprint density at radius 3 is 2.52 bits per heavy atom. The van der Waals surface area contributed by atoms with E-state index in [1.54, 1.807) is 6.92 Å². The lowest BCUT2D eigenvalue weighted by Crippen LogP contribution is -2.41. The van der Waals surface area contributed by atoms with Gasteiger partial charge in [0.15, 0.2) is 11.6 Å². The number of carboxylic acids is 1. The van der Waals surface area contributed by atoms with Crippen LogP contribution in [0.5, 0.6) is 0 Å². The topological polar surface area (TPSA) is 83.5 Å². The zero-order valence-electron chi connectivity index (χ0n) is 11.4. The maximum Gasteiger partial charge on any atom is 0.326 e. The highest BCUT2D eigenvalue weighted by molar-refractivity contribution is 5.96. The van der Waals surface area contributed by atoms with E-state index in [0.29, 0.717) is 0 Å². The number of hydrogen-bond acceptors (Lipinski definition) is 3. The van der Waals surface area contributed by atoms with Gasteiger partial charge in [-0.15, -0.1) is 0 Å². The van der Waals surface area contributed by atoms with Crippen LogP contribution in [0.4, 0.5) is 8.78 Å². The lowest BCUT2D eigenvalue weighted by molar-refractivity contribution is -0.139. The minimum Gasteiger partial charge on any atom is -0.480 e. The number of carbonyl (C=O) groups is 3. The Morgan fingerprint density at radius 2 is 1.95 bits per heavy atom. The van der Waals surface area contributed by atoms with Crippen molar-refractivity contribution in [1.29, 1.82) is 0 Å². The average Bonchev–Trinajstić information content (AvgIpc) is 2.45. The van der Waals surface area contributed by atoms with Crippen molar-refractivity contribution >= 4 is 17.7 Å². The van der Waals surface area contributed by atoms with Crippen LogP contribution in [-0.4, -0.2) is 28.8 Å². The maximum absolute atomic E-state index is 13.4. The molecular formula is C14H15F2NO4. The van der Waals surface area contributed by atoms with Gasteiger partial charge in [-0.25, -0.2) is 13.6 Å². The summed E-state index contributed by atoms with van der Waals surface area (Å²) in [6.07, 6.45) is 0.142. The van der Waals surface area contributed by atoms with Crippen LogP contribution in [0.1, 0.15) is 36.5 Å². The molecule has 5 nitrogen and oxygen atoms in total. The Morgan fingerprint density at radius 1 is 1.29 bits per heavy atom. The van der Waals surface area contributed by atoms with E-state index in [1.165, 1.54) is 0 Å². The van der Waals surface area contributed by atoms with Gasteiger partial charge in [0, 0.05) is 12.8 Å². The molecule has 0 spiro atoms. The second kappa shape index (κ2) is 7.47. The van der Waals surface area contributed by atoms with Crippen molar-refractivity contribution in [2.24, 2.45) is 0 Å². The molecule has 0 aliphatic carbocycles. The standard InChI is InChI=1S/C14H15F2NO4/c1-2-8(18)6-7-11(14(20)21)17-13(19)9-4-3-5-10(15)12(9)16/h3-5,11H,2,6-7H2,1H3,(H,17,19)(H,20,21)/t11-/m1/s1. The van der Waals surface area contributed by atoms with Gasteiger partial charge in [-0.2, -0.15) is 0 Å². The number of ketones is 1. The molecule has 0 fully saturated rings. The highest BCUT2D eigenvalue weighted by Gasteiger charge is 2.23. The number of rotatable bonds is 7. The third kappa shape index (κ3) is 4.62. The highest BCUT2D eigenvalue weighted by atomic mass is 19.2. The second-order valence-electron chi connectivity index (χ2n) is 4.40. The molecule has 0 aliphatic heterocycles. The van der Waals surface area contributed by atoms with Gasteiger partial charge in [-0.05, 0) is 18.6 Å². The van der Waals surface area contributed by atoms with Gasteiger partial charge in [0.1, 0.15) is 11.8 Å². The molecule has 0 radical (unpaired) electrons. The molecule has 0 bridgehead atoms. The van der Waals surface area contributed by atoms with Crippen molar-refractivity contribution in [3.63, 3.8) is 0 Å². The summed E-state index contributed by atoms with van der Waals surface area (Å²) in [5.74, 6) is -5.07. The van der Waals surface area contributed by atoms with Crippen LogP contribution in [-0.2, 0) is 9.59 Å². The average molecular weight is 299 g/mol. The zero-order valence-corrected chi connectivity index (χ0v) is 11.4. The number of carboxylic acid groups (broad SMARTS) is 1. The van der Waals surface area contributed by atoms with Crippen LogP contribution in [0.3, 0.4) is 0 Å². The summed E-state index contributed by atoms with van der Waals surface area (Å²) in [7, 11) is 0. The third-order valence-corrected chi connectivity index (χ3v) is 2.91. The highest BCUT2D eigenvalue weighted by Crippen LogP contribution is 2.12. The van der Waals surface area contributed by atoms with E-state index < -0.39 is 35.1 Å². The Labute approximate surface area is 120 Å². The quantitative estimate of drug-likeness (QED) is 0.805. The van der Waals surface area contributed by atoms with Crippen molar-refractivity contribution in [2.45, 2.75) is 32.2 Å². The second-order valence-corrected chi connectivity index (χ2v) is 4.40. The molecule has 0 aromatic heterocycles. The monoisotopic (exact) mass is 299 g/mol. The fraction of sp³-hybridized carbons (Fsp3) is 0.357. The first-order chi connectivity index (χ1) is 9.86. The zero-order chi connectivity index (χ0) is 16.0. The van der Waals surface area contributed by atoms with Gasteiger partial charge < -0.3 is 10.4 Å². The first kappa shape index (κ1) is 16.7. The molecule has 1 aromatic carbocycles. The number of amides is 1. The van der Waals surface area contributed by atoms with E-state index in [9.17, 15) is 23.2 Å².